The average molecular weight is 216 g/mol. The molecule has 0 amide bonds. The number of thiophene rings is 1. The molecule has 0 spiro atoms. The summed E-state index contributed by atoms with van der Waals surface area (Å²) in [6.07, 6.45) is 2.32. The second-order valence-corrected chi connectivity index (χ2v) is 5.37. The topological polar surface area (TPSA) is 0 Å². The molecule has 0 aliphatic rings. The largest absolute Gasteiger partial charge is 0.146 e. The van der Waals surface area contributed by atoms with E-state index in [0.29, 0.717) is 0 Å². The molecule has 0 nitrogen and oxygen atoms in total. The highest BCUT2D eigenvalue weighted by atomic mass is 32.1. The van der Waals surface area contributed by atoms with Crippen LogP contribution in [0.1, 0.15) is 20.9 Å². The van der Waals surface area contributed by atoms with Crippen molar-refractivity contribution >= 4 is 11.3 Å². The zero-order valence-corrected chi connectivity index (χ0v) is 10.1. The predicted molar refractivity (Wildman–Crippen MR) is 67.6 cm³/mol. The van der Waals surface area contributed by atoms with E-state index in [9.17, 15) is 0 Å². The SMILES string of the molecule is Cc1ccc(CCc2ccc(C)s2)cc1. The van der Waals surface area contributed by atoms with E-state index in [1.807, 2.05) is 11.3 Å². The molecule has 15 heavy (non-hydrogen) atoms. The van der Waals surface area contributed by atoms with Crippen LogP contribution in [-0.4, -0.2) is 0 Å². The van der Waals surface area contributed by atoms with Crippen molar-refractivity contribution in [2.24, 2.45) is 0 Å². The van der Waals surface area contributed by atoms with E-state index < -0.39 is 0 Å². The van der Waals surface area contributed by atoms with Crippen LogP contribution in [0.25, 0.3) is 0 Å². The molecule has 0 saturated carbocycles. The smallest absolute Gasteiger partial charge is 0.00513 e. The van der Waals surface area contributed by atoms with Crippen LogP contribution in [0, 0.1) is 13.8 Å². The fourth-order valence-electron chi connectivity index (χ4n) is 1.64. The van der Waals surface area contributed by atoms with Crippen molar-refractivity contribution in [3.8, 4) is 0 Å². The lowest BCUT2D eigenvalue weighted by Gasteiger charge is -2.00. The molecule has 2 aromatic rings. The molecule has 0 aliphatic carbocycles. The Labute approximate surface area is 95.6 Å². The monoisotopic (exact) mass is 216 g/mol. The van der Waals surface area contributed by atoms with Crippen molar-refractivity contribution in [2.45, 2.75) is 26.7 Å². The van der Waals surface area contributed by atoms with Gasteiger partial charge in [0, 0.05) is 9.75 Å². The maximum absolute atomic E-state index is 2.24. The van der Waals surface area contributed by atoms with Crippen LogP contribution >= 0.6 is 11.3 Å². The van der Waals surface area contributed by atoms with Crippen LogP contribution in [0.4, 0.5) is 0 Å². The molecule has 0 aliphatic heterocycles. The highest BCUT2D eigenvalue weighted by molar-refractivity contribution is 7.11. The summed E-state index contributed by atoms with van der Waals surface area (Å²) in [5, 5.41) is 0. The lowest BCUT2D eigenvalue weighted by Crippen LogP contribution is -1.88. The first-order chi connectivity index (χ1) is 7.24. The van der Waals surface area contributed by atoms with Gasteiger partial charge in [-0.1, -0.05) is 29.8 Å². The Kier molecular flexibility index (Phi) is 3.22. The number of hydrogen-bond acceptors (Lipinski definition) is 1. The molecule has 0 N–H and O–H groups in total. The lowest BCUT2D eigenvalue weighted by molar-refractivity contribution is 0.980. The quantitative estimate of drug-likeness (QED) is 0.723. The Balaban J connectivity index is 1.96. The summed E-state index contributed by atoms with van der Waals surface area (Å²) in [7, 11) is 0. The van der Waals surface area contributed by atoms with Crippen molar-refractivity contribution in [1.29, 1.82) is 0 Å². The molecule has 1 heterocycles. The normalized spacial score (nSPS) is 10.5. The van der Waals surface area contributed by atoms with Gasteiger partial charge < -0.3 is 0 Å². The van der Waals surface area contributed by atoms with Crippen molar-refractivity contribution in [3.63, 3.8) is 0 Å². The summed E-state index contributed by atoms with van der Waals surface area (Å²) in [4.78, 5) is 2.90. The minimum absolute atomic E-state index is 1.15. The Bertz CT molecular complexity index is 423. The van der Waals surface area contributed by atoms with Gasteiger partial charge in [0.15, 0.2) is 0 Å². The van der Waals surface area contributed by atoms with Gasteiger partial charge in [-0.15, -0.1) is 11.3 Å². The summed E-state index contributed by atoms with van der Waals surface area (Å²) in [5.41, 5.74) is 2.78. The van der Waals surface area contributed by atoms with Crippen LogP contribution in [-0.2, 0) is 12.8 Å². The van der Waals surface area contributed by atoms with Crippen LogP contribution in [0.15, 0.2) is 36.4 Å². The molecule has 1 aromatic heterocycles. The molecular formula is C14H16S. The Morgan fingerprint density at radius 3 is 2.20 bits per heavy atom. The fraction of sp³-hybridized carbons (Fsp3) is 0.286. The highest BCUT2D eigenvalue weighted by Crippen LogP contribution is 2.17. The van der Waals surface area contributed by atoms with Crippen molar-refractivity contribution in [2.75, 3.05) is 0 Å². The molecule has 0 bridgehead atoms. The molecule has 0 radical (unpaired) electrons. The third-order valence-corrected chi connectivity index (χ3v) is 3.64. The Morgan fingerprint density at radius 1 is 0.867 bits per heavy atom. The average Bonchev–Trinajstić information content (AvgIpc) is 2.64. The number of benzene rings is 1. The van der Waals surface area contributed by atoms with Gasteiger partial charge in [-0.25, -0.2) is 0 Å². The van der Waals surface area contributed by atoms with Gasteiger partial charge in [0.25, 0.3) is 0 Å². The maximum atomic E-state index is 2.24. The summed E-state index contributed by atoms with van der Waals surface area (Å²) >= 11 is 1.91. The van der Waals surface area contributed by atoms with E-state index in [2.05, 4.69) is 50.2 Å². The molecule has 0 unspecified atom stereocenters. The van der Waals surface area contributed by atoms with Gasteiger partial charge in [0.1, 0.15) is 0 Å². The van der Waals surface area contributed by atoms with Gasteiger partial charge in [0.05, 0.1) is 0 Å². The summed E-state index contributed by atoms with van der Waals surface area (Å²) < 4.78 is 0. The third kappa shape index (κ3) is 2.93. The van der Waals surface area contributed by atoms with E-state index in [0.717, 1.165) is 6.42 Å². The number of rotatable bonds is 3. The minimum Gasteiger partial charge on any atom is -0.146 e. The van der Waals surface area contributed by atoms with Gasteiger partial charge in [-0.3, -0.25) is 0 Å². The lowest BCUT2D eigenvalue weighted by atomic mass is 10.1. The van der Waals surface area contributed by atoms with E-state index in [-0.39, 0.29) is 0 Å². The van der Waals surface area contributed by atoms with Crippen LogP contribution in [0.3, 0.4) is 0 Å². The van der Waals surface area contributed by atoms with Gasteiger partial charge in [-0.05, 0) is 44.4 Å². The van der Waals surface area contributed by atoms with Crippen LogP contribution < -0.4 is 0 Å². The van der Waals surface area contributed by atoms with E-state index in [4.69, 9.17) is 0 Å². The van der Waals surface area contributed by atoms with E-state index in [1.165, 1.54) is 27.3 Å². The first kappa shape index (κ1) is 10.4. The minimum atomic E-state index is 1.15. The standard InChI is InChI=1S/C14H16S/c1-11-3-6-13(7-4-11)8-10-14-9-5-12(2)15-14/h3-7,9H,8,10H2,1-2H3. The fourth-order valence-corrected chi connectivity index (χ4v) is 2.53. The zero-order chi connectivity index (χ0) is 10.7. The summed E-state index contributed by atoms with van der Waals surface area (Å²) in [6.45, 7) is 4.30. The molecule has 1 aromatic carbocycles. The first-order valence-corrected chi connectivity index (χ1v) is 6.16. The predicted octanol–water partition coefficient (Wildman–Crippen LogP) is 4.15. The molecule has 0 saturated heterocycles. The Morgan fingerprint density at radius 2 is 1.60 bits per heavy atom. The van der Waals surface area contributed by atoms with Crippen LogP contribution in [0.2, 0.25) is 0 Å². The number of hydrogen-bond donors (Lipinski definition) is 0. The van der Waals surface area contributed by atoms with Crippen molar-refractivity contribution in [1.82, 2.24) is 0 Å². The summed E-state index contributed by atoms with van der Waals surface area (Å²) in [5.74, 6) is 0. The molecule has 0 fully saturated rings. The summed E-state index contributed by atoms with van der Waals surface area (Å²) in [6, 6.07) is 13.3. The van der Waals surface area contributed by atoms with Gasteiger partial charge in [0.2, 0.25) is 0 Å². The second-order valence-electron chi connectivity index (χ2n) is 4.00. The molecule has 78 valence electrons. The maximum Gasteiger partial charge on any atom is 0.00513 e. The van der Waals surface area contributed by atoms with Crippen molar-refractivity contribution < 1.29 is 0 Å². The molecule has 2 rings (SSSR count). The van der Waals surface area contributed by atoms with E-state index in [1.54, 1.807) is 0 Å². The van der Waals surface area contributed by atoms with Crippen molar-refractivity contribution in [3.05, 3.63) is 57.3 Å². The Hall–Kier alpha value is -1.08. The molecule has 0 atom stereocenters. The van der Waals surface area contributed by atoms with Crippen LogP contribution in [0.5, 0.6) is 0 Å². The van der Waals surface area contributed by atoms with E-state index >= 15 is 0 Å². The van der Waals surface area contributed by atoms with Gasteiger partial charge >= 0.3 is 0 Å². The molecule has 1 heteroatoms. The highest BCUT2D eigenvalue weighted by Gasteiger charge is 1.98. The first-order valence-electron chi connectivity index (χ1n) is 5.35. The second kappa shape index (κ2) is 4.63. The van der Waals surface area contributed by atoms with Gasteiger partial charge in [-0.2, -0.15) is 0 Å². The molecular weight excluding hydrogens is 200 g/mol. The number of aryl methyl sites for hydroxylation is 4. The third-order valence-electron chi connectivity index (χ3n) is 2.58. The zero-order valence-electron chi connectivity index (χ0n) is 9.29.